The Balaban J connectivity index is 1.69. The van der Waals surface area contributed by atoms with Gasteiger partial charge in [0.25, 0.3) is 11.7 Å². The average molecular weight is 483 g/mol. The molecule has 1 unspecified atom stereocenters. The van der Waals surface area contributed by atoms with Crippen LogP contribution in [0.25, 0.3) is 16.9 Å². The summed E-state index contributed by atoms with van der Waals surface area (Å²) >= 11 is 1.61. The second-order valence-electron chi connectivity index (χ2n) is 8.10. The number of anilines is 1. The molecule has 6 nitrogen and oxygen atoms in total. The fourth-order valence-electron chi connectivity index (χ4n) is 4.38. The lowest BCUT2D eigenvalue weighted by molar-refractivity contribution is -0.132. The minimum absolute atomic E-state index is 0.0217. The zero-order chi connectivity index (χ0) is 24.4. The van der Waals surface area contributed by atoms with Gasteiger partial charge in [-0.15, -0.1) is 0 Å². The van der Waals surface area contributed by atoms with Crippen LogP contribution in [0.1, 0.15) is 22.7 Å². The van der Waals surface area contributed by atoms with Crippen LogP contribution in [-0.4, -0.2) is 28.9 Å². The minimum Gasteiger partial charge on any atom is -0.507 e. The van der Waals surface area contributed by atoms with Gasteiger partial charge in [-0.3, -0.25) is 19.5 Å². The first kappa shape index (κ1) is 22.7. The van der Waals surface area contributed by atoms with Crippen LogP contribution >= 0.6 is 11.3 Å². The summed E-state index contributed by atoms with van der Waals surface area (Å²) in [4.78, 5) is 32.3. The van der Waals surface area contributed by atoms with Crippen LogP contribution in [0.15, 0.2) is 95.5 Å². The van der Waals surface area contributed by atoms with Gasteiger partial charge in [0.1, 0.15) is 5.76 Å². The molecule has 35 heavy (non-hydrogen) atoms. The largest absolute Gasteiger partial charge is 0.507 e. The number of rotatable bonds is 6. The van der Waals surface area contributed by atoms with E-state index in [4.69, 9.17) is 4.74 Å². The minimum atomic E-state index is -0.825. The maximum atomic E-state index is 13.4. The standard InChI is InChI=1S/C28H22N2O4S/c1-34-16-20-5-2-3-7-23(20)25-24(26(31)19-6-4-13-29-15-19)27(32)28(33)30(25)22-10-8-18(9-11-22)21-12-14-35-17-21/h2-15,17,25,31H,16H2,1H3/b26-24-. The molecule has 0 radical (unpaired) electrons. The third-order valence-electron chi connectivity index (χ3n) is 6.03. The van der Waals surface area contributed by atoms with Crippen LogP contribution in [-0.2, 0) is 20.9 Å². The molecule has 1 aliphatic rings. The molecular formula is C28H22N2O4S. The van der Waals surface area contributed by atoms with Crippen molar-refractivity contribution in [1.82, 2.24) is 4.98 Å². The van der Waals surface area contributed by atoms with Crippen molar-refractivity contribution in [2.75, 3.05) is 12.0 Å². The van der Waals surface area contributed by atoms with Gasteiger partial charge in [-0.2, -0.15) is 11.3 Å². The number of benzene rings is 2. The zero-order valence-electron chi connectivity index (χ0n) is 18.9. The molecule has 1 atom stereocenters. The number of hydrogen-bond donors (Lipinski definition) is 1. The van der Waals surface area contributed by atoms with Gasteiger partial charge in [0.05, 0.1) is 18.2 Å². The number of pyridine rings is 1. The van der Waals surface area contributed by atoms with E-state index in [1.807, 2.05) is 60.0 Å². The Morgan fingerprint density at radius 3 is 2.51 bits per heavy atom. The Hall–Kier alpha value is -4.07. The van der Waals surface area contributed by atoms with Crippen LogP contribution in [0.5, 0.6) is 0 Å². The Morgan fingerprint density at radius 2 is 1.83 bits per heavy atom. The van der Waals surface area contributed by atoms with E-state index in [-0.39, 0.29) is 11.3 Å². The van der Waals surface area contributed by atoms with Gasteiger partial charge in [0, 0.05) is 30.8 Å². The van der Waals surface area contributed by atoms with Gasteiger partial charge in [0.2, 0.25) is 0 Å². The molecule has 0 saturated carbocycles. The summed E-state index contributed by atoms with van der Waals surface area (Å²) in [5, 5.41) is 15.3. The molecule has 7 heteroatoms. The van der Waals surface area contributed by atoms with E-state index in [2.05, 4.69) is 10.4 Å². The third kappa shape index (κ3) is 4.16. The van der Waals surface area contributed by atoms with Crippen LogP contribution in [0.2, 0.25) is 0 Å². The first-order chi connectivity index (χ1) is 17.1. The molecule has 0 aliphatic carbocycles. The van der Waals surface area contributed by atoms with Crippen molar-refractivity contribution in [3.05, 3.63) is 112 Å². The highest BCUT2D eigenvalue weighted by Crippen LogP contribution is 2.43. The van der Waals surface area contributed by atoms with E-state index >= 15 is 0 Å². The number of aliphatic hydroxyl groups excluding tert-OH is 1. The predicted molar refractivity (Wildman–Crippen MR) is 136 cm³/mol. The highest BCUT2D eigenvalue weighted by Gasteiger charge is 2.47. The molecule has 2 aromatic carbocycles. The highest BCUT2D eigenvalue weighted by molar-refractivity contribution is 7.08. The number of Topliss-reactive ketones (excluding diaryl/α,β-unsaturated/α-hetero) is 1. The molecule has 0 spiro atoms. The number of nitrogens with zero attached hydrogens (tertiary/aromatic N) is 2. The molecule has 1 aliphatic heterocycles. The van der Waals surface area contributed by atoms with Crippen molar-refractivity contribution >= 4 is 34.5 Å². The van der Waals surface area contributed by atoms with Crippen molar-refractivity contribution in [2.24, 2.45) is 0 Å². The molecular weight excluding hydrogens is 460 g/mol. The summed E-state index contributed by atoms with van der Waals surface area (Å²) in [6, 6.07) is 19.5. The van der Waals surface area contributed by atoms with Gasteiger partial charge >= 0.3 is 0 Å². The maximum absolute atomic E-state index is 13.4. The predicted octanol–water partition coefficient (Wildman–Crippen LogP) is 5.58. The van der Waals surface area contributed by atoms with E-state index in [1.165, 1.54) is 11.1 Å². The van der Waals surface area contributed by atoms with Crippen LogP contribution < -0.4 is 4.90 Å². The molecule has 1 N–H and O–H groups in total. The number of amides is 1. The van der Waals surface area contributed by atoms with Crippen molar-refractivity contribution in [1.29, 1.82) is 0 Å². The lowest BCUT2D eigenvalue weighted by Gasteiger charge is -2.27. The van der Waals surface area contributed by atoms with E-state index in [0.717, 1.165) is 16.7 Å². The number of aromatic nitrogens is 1. The number of carbonyl (C=O) groups is 2. The molecule has 1 fully saturated rings. The van der Waals surface area contributed by atoms with E-state index in [9.17, 15) is 14.7 Å². The smallest absolute Gasteiger partial charge is 0.300 e. The first-order valence-electron chi connectivity index (χ1n) is 11.0. The number of ketones is 1. The summed E-state index contributed by atoms with van der Waals surface area (Å²) in [5.41, 5.74) is 4.58. The summed E-state index contributed by atoms with van der Waals surface area (Å²) in [6.07, 6.45) is 3.05. The number of carbonyl (C=O) groups excluding carboxylic acids is 2. The summed E-state index contributed by atoms with van der Waals surface area (Å²) < 4.78 is 5.38. The topological polar surface area (TPSA) is 79.7 Å². The van der Waals surface area contributed by atoms with Gasteiger partial charge in [-0.25, -0.2) is 0 Å². The molecule has 5 rings (SSSR count). The zero-order valence-corrected chi connectivity index (χ0v) is 19.7. The number of ether oxygens (including phenoxy) is 1. The average Bonchev–Trinajstić information content (AvgIpc) is 3.52. The Morgan fingerprint density at radius 1 is 1.03 bits per heavy atom. The number of hydrogen-bond acceptors (Lipinski definition) is 6. The Labute approximate surface area is 206 Å². The number of aliphatic hydroxyl groups is 1. The van der Waals surface area contributed by atoms with Crippen molar-refractivity contribution in [2.45, 2.75) is 12.6 Å². The van der Waals surface area contributed by atoms with Gasteiger partial charge < -0.3 is 9.84 Å². The molecule has 1 saturated heterocycles. The molecule has 1 amide bonds. The normalized spacial score (nSPS) is 17.2. The quantitative estimate of drug-likeness (QED) is 0.220. The SMILES string of the molecule is COCc1ccccc1C1/C(=C(/O)c2cccnc2)C(=O)C(=O)N1c1ccc(-c2ccsc2)cc1. The third-order valence-corrected chi connectivity index (χ3v) is 6.71. The maximum Gasteiger partial charge on any atom is 0.300 e. The Bertz CT molecular complexity index is 1400. The summed E-state index contributed by atoms with van der Waals surface area (Å²) in [5.74, 6) is -1.70. The van der Waals surface area contributed by atoms with Gasteiger partial charge in [-0.1, -0.05) is 36.4 Å². The second kappa shape index (κ2) is 9.66. The van der Waals surface area contributed by atoms with Crippen molar-refractivity contribution < 1.29 is 19.4 Å². The van der Waals surface area contributed by atoms with Crippen LogP contribution in [0.4, 0.5) is 5.69 Å². The van der Waals surface area contributed by atoms with Crippen LogP contribution in [0, 0.1) is 0 Å². The van der Waals surface area contributed by atoms with Gasteiger partial charge in [0.15, 0.2) is 0 Å². The highest BCUT2D eigenvalue weighted by atomic mass is 32.1. The van der Waals surface area contributed by atoms with Crippen molar-refractivity contribution in [3.63, 3.8) is 0 Å². The molecule has 4 aromatic rings. The van der Waals surface area contributed by atoms with Gasteiger partial charge in [-0.05, 0) is 63.3 Å². The first-order valence-corrected chi connectivity index (χ1v) is 11.9. The van der Waals surface area contributed by atoms with E-state index in [1.54, 1.807) is 36.8 Å². The van der Waals surface area contributed by atoms with Crippen LogP contribution in [0.3, 0.4) is 0 Å². The molecule has 0 bridgehead atoms. The number of methoxy groups -OCH3 is 1. The lowest BCUT2D eigenvalue weighted by Crippen LogP contribution is -2.30. The molecule has 174 valence electrons. The summed E-state index contributed by atoms with van der Waals surface area (Å²) in [7, 11) is 1.59. The van der Waals surface area contributed by atoms with E-state index < -0.39 is 17.7 Å². The van der Waals surface area contributed by atoms with E-state index in [0.29, 0.717) is 23.4 Å². The molecule has 2 aromatic heterocycles. The number of thiophene rings is 1. The Kier molecular flexibility index (Phi) is 6.27. The second-order valence-corrected chi connectivity index (χ2v) is 8.88. The monoisotopic (exact) mass is 482 g/mol. The molecule has 3 heterocycles. The summed E-state index contributed by atoms with van der Waals surface area (Å²) in [6.45, 7) is 0.293. The lowest BCUT2D eigenvalue weighted by atomic mass is 9.92. The fraction of sp³-hybridized carbons (Fsp3) is 0.107. The fourth-order valence-corrected chi connectivity index (χ4v) is 5.05. The van der Waals surface area contributed by atoms with Crippen molar-refractivity contribution in [3.8, 4) is 11.1 Å².